The fourth-order valence-corrected chi connectivity index (χ4v) is 1.67. The predicted octanol–water partition coefficient (Wildman–Crippen LogP) is 0.782. The molecule has 0 aliphatic carbocycles. The topological polar surface area (TPSA) is 70.7 Å². The molecule has 3 amide bonds. The van der Waals surface area contributed by atoms with Gasteiger partial charge >= 0.3 is 12.1 Å². The van der Waals surface area contributed by atoms with Crippen LogP contribution in [0.5, 0.6) is 0 Å². The molecule has 0 spiro atoms. The summed E-state index contributed by atoms with van der Waals surface area (Å²) in [5.41, 5.74) is 0. The number of amides is 3. The third-order valence-corrected chi connectivity index (χ3v) is 2.56. The number of hydrogen-bond acceptors (Lipinski definition) is 3. The van der Waals surface area contributed by atoms with Crippen LogP contribution >= 0.6 is 0 Å². The van der Waals surface area contributed by atoms with Crippen LogP contribution in [0.1, 0.15) is 20.3 Å². The van der Waals surface area contributed by atoms with Crippen LogP contribution in [0.3, 0.4) is 0 Å². The van der Waals surface area contributed by atoms with Crippen LogP contribution in [-0.2, 0) is 4.74 Å². The molecule has 17 heavy (non-hydrogen) atoms. The van der Waals surface area contributed by atoms with Gasteiger partial charge in [0.25, 0.3) is 0 Å². The van der Waals surface area contributed by atoms with Gasteiger partial charge in [-0.3, -0.25) is 0 Å². The van der Waals surface area contributed by atoms with Gasteiger partial charge in [-0.05, 0) is 12.3 Å². The van der Waals surface area contributed by atoms with Crippen molar-refractivity contribution in [2.45, 2.75) is 26.3 Å². The Kier molecular flexibility index (Phi) is 5.06. The molecule has 0 saturated carbocycles. The number of carbonyl (C=O) groups is 2. The fraction of sp³-hybridized carbons (Fsp3) is 0.818. The van der Waals surface area contributed by atoms with Crippen molar-refractivity contribution in [3.05, 3.63) is 0 Å². The summed E-state index contributed by atoms with van der Waals surface area (Å²) in [6.07, 6.45) is 0.368. The van der Waals surface area contributed by atoms with Gasteiger partial charge in [-0.15, -0.1) is 0 Å². The Hall–Kier alpha value is -1.46. The number of likely N-dealkylation sites (tertiary alicyclic amines) is 1. The van der Waals surface area contributed by atoms with Crippen molar-refractivity contribution in [3.63, 3.8) is 0 Å². The first kappa shape index (κ1) is 13.6. The lowest BCUT2D eigenvalue weighted by Crippen LogP contribution is -2.41. The third kappa shape index (κ3) is 4.50. The number of nitrogens with one attached hydrogen (secondary N) is 2. The second-order valence-corrected chi connectivity index (χ2v) is 4.62. The zero-order valence-corrected chi connectivity index (χ0v) is 10.7. The minimum atomic E-state index is -0.401. The second-order valence-electron chi connectivity index (χ2n) is 4.62. The molecular weight excluding hydrogens is 222 g/mol. The van der Waals surface area contributed by atoms with Crippen molar-refractivity contribution in [1.29, 1.82) is 0 Å². The van der Waals surface area contributed by atoms with Gasteiger partial charge in [0, 0.05) is 20.1 Å². The molecule has 1 heterocycles. The first-order chi connectivity index (χ1) is 8.02. The summed E-state index contributed by atoms with van der Waals surface area (Å²) in [6, 6.07) is -0.114. The molecule has 1 saturated heterocycles. The average molecular weight is 243 g/mol. The quantitative estimate of drug-likeness (QED) is 0.769. The highest BCUT2D eigenvalue weighted by atomic mass is 16.5. The molecule has 1 rings (SSSR count). The summed E-state index contributed by atoms with van der Waals surface area (Å²) in [5.74, 6) is 0.326. The molecule has 0 aromatic rings. The molecule has 6 nitrogen and oxygen atoms in total. The van der Waals surface area contributed by atoms with Crippen LogP contribution in [0.25, 0.3) is 0 Å². The van der Waals surface area contributed by atoms with Crippen LogP contribution in [-0.4, -0.2) is 49.8 Å². The maximum absolute atomic E-state index is 11.4. The van der Waals surface area contributed by atoms with Crippen LogP contribution in [0, 0.1) is 5.92 Å². The van der Waals surface area contributed by atoms with Gasteiger partial charge in [-0.1, -0.05) is 13.8 Å². The van der Waals surface area contributed by atoms with Gasteiger partial charge in [0.2, 0.25) is 0 Å². The Balaban J connectivity index is 2.25. The Morgan fingerprint density at radius 2 is 2.18 bits per heavy atom. The van der Waals surface area contributed by atoms with Crippen LogP contribution < -0.4 is 10.6 Å². The van der Waals surface area contributed by atoms with Gasteiger partial charge in [0.1, 0.15) is 0 Å². The molecule has 1 fully saturated rings. The average Bonchev–Trinajstić information content (AvgIpc) is 2.73. The smallest absolute Gasteiger partial charge is 0.407 e. The van der Waals surface area contributed by atoms with Gasteiger partial charge in [-0.2, -0.15) is 0 Å². The summed E-state index contributed by atoms with van der Waals surface area (Å²) >= 11 is 0. The normalized spacial score (nSPS) is 19.3. The summed E-state index contributed by atoms with van der Waals surface area (Å²) in [7, 11) is 1.60. The van der Waals surface area contributed by atoms with Gasteiger partial charge < -0.3 is 20.3 Å². The highest BCUT2D eigenvalue weighted by Gasteiger charge is 2.26. The Bertz CT molecular complexity index is 281. The van der Waals surface area contributed by atoms with E-state index in [4.69, 9.17) is 4.74 Å². The van der Waals surface area contributed by atoms with E-state index in [2.05, 4.69) is 10.6 Å². The predicted molar refractivity (Wildman–Crippen MR) is 63.8 cm³/mol. The zero-order chi connectivity index (χ0) is 12.8. The first-order valence-electron chi connectivity index (χ1n) is 5.93. The molecule has 0 aromatic heterocycles. The van der Waals surface area contributed by atoms with Gasteiger partial charge in [0.05, 0.1) is 12.6 Å². The monoisotopic (exact) mass is 243 g/mol. The molecule has 6 heteroatoms. The van der Waals surface area contributed by atoms with Crippen molar-refractivity contribution in [3.8, 4) is 0 Å². The van der Waals surface area contributed by atoms with Crippen molar-refractivity contribution in [2.75, 3.05) is 26.7 Å². The summed E-state index contributed by atoms with van der Waals surface area (Å²) < 4.78 is 5.02. The van der Waals surface area contributed by atoms with Crippen LogP contribution in [0.4, 0.5) is 9.59 Å². The molecule has 0 unspecified atom stereocenters. The van der Waals surface area contributed by atoms with E-state index in [-0.39, 0.29) is 12.1 Å². The number of hydrogen-bond donors (Lipinski definition) is 2. The van der Waals surface area contributed by atoms with E-state index in [1.807, 2.05) is 13.8 Å². The minimum Gasteiger partial charge on any atom is -0.449 e. The number of nitrogens with zero attached hydrogens (tertiary/aromatic N) is 1. The maximum Gasteiger partial charge on any atom is 0.407 e. The lowest BCUT2D eigenvalue weighted by Gasteiger charge is -2.16. The number of alkyl carbamates (subject to hydrolysis) is 1. The van der Waals surface area contributed by atoms with E-state index < -0.39 is 6.09 Å². The second kappa shape index (κ2) is 6.32. The van der Waals surface area contributed by atoms with Gasteiger partial charge in [-0.25, -0.2) is 9.59 Å². The van der Waals surface area contributed by atoms with E-state index in [0.29, 0.717) is 25.6 Å². The Labute approximate surface area is 102 Å². The van der Waals surface area contributed by atoms with E-state index in [0.717, 1.165) is 6.42 Å². The van der Waals surface area contributed by atoms with Gasteiger partial charge in [0.15, 0.2) is 0 Å². The summed E-state index contributed by atoms with van der Waals surface area (Å²) in [5, 5.41) is 5.32. The van der Waals surface area contributed by atoms with E-state index in [9.17, 15) is 9.59 Å². The van der Waals surface area contributed by atoms with Crippen LogP contribution in [0.15, 0.2) is 0 Å². The van der Waals surface area contributed by atoms with E-state index in [1.165, 1.54) is 0 Å². The number of ether oxygens (including phenoxy) is 1. The Morgan fingerprint density at radius 3 is 2.76 bits per heavy atom. The van der Waals surface area contributed by atoms with Crippen molar-refractivity contribution < 1.29 is 14.3 Å². The maximum atomic E-state index is 11.4. The van der Waals surface area contributed by atoms with Crippen molar-refractivity contribution in [2.24, 2.45) is 5.92 Å². The highest BCUT2D eigenvalue weighted by molar-refractivity contribution is 5.74. The van der Waals surface area contributed by atoms with Crippen LogP contribution in [0.2, 0.25) is 0 Å². The molecule has 1 atom stereocenters. The molecule has 2 N–H and O–H groups in total. The number of rotatable bonds is 3. The number of carbonyl (C=O) groups excluding carboxylic acids is 2. The van der Waals surface area contributed by atoms with Crippen molar-refractivity contribution in [1.82, 2.24) is 15.5 Å². The fourth-order valence-electron chi connectivity index (χ4n) is 1.67. The molecule has 0 radical (unpaired) electrons. The molecule has 98 valence electrons. The molecule has 1 aliphatic heterocycles. The highest BCUT2D eigenvalue weighted by Crippen LogP contribution is 2.09. The van der Waals surface area contributed by atoms with E-state index in [1.54, 1.807) is 11.9 Å². The lowest BCUT2D eigenvalue weighted by atomic mass is 10.2. The standard InChI is InChI=1S/C11H21N3O3/c1-8(2)7-17-11(16)13-9-4-5-14(6-9)10(15)12-3/h8-9H,4-7H2,1-3H3,(H,12,15)(H,13,16)/t9-/m0/s1. The summed E-state index contributed by atoms with van der Waals surface area (Å²) in [4.78, 5) is 24.4. The van der Waals surface area contributed by atoms with Crippen molar-refractivity contribution >= 4 is 12.1 Å². The van der Waals surface area contributed by atoms with E-state index >= 15 is 0 Å². The molecular formula is C11H21N3O3. The summed E-state index contributed by atoms with van der Waals surface area (Å²) in [6.45, 7) is 5.58. The number of urea groups is 1. The molecule has 1 aliphatic rings. The lowest BCUT2D eigenvalue weighted by molar-refractivity contribution is 0.129. The SMILES string of the molecule is CNC(=O)N1CC[C@H](NC(=O)OCC(C)C)C1. The molecule has 0 aromatic carbocycles. The Morgan fingerprint density at radius 1 is 1.47 bits per heavy atom. The zero-order valence-electron chi connectivity index (χ0n) is 10.7. The minimum absolute atomic E-state index is 0.00744. The first-order valence-corrected chi connectivity index (χ1v) is 5.93. The third-order valence-electron chi connectivity index (χ3n) is 2.56. The molecule has 0 bridgehead atoms. The largest absolute Gasteiger partial charge is 0.449 e.